The molecule has 114 valence electrons. The molecule has 6 heteroatoms. The molecular formula is C14H26N4OS. The fourth-order valence-electron chi connectivity index (χ4n) is 2.73. The summed E-state index contributed by atoms with van der Waals surface area (Å²) >= 11 is 1.75. The number of H-pyrrole nitrogens is 1. The van der Waals surface area contributed by atoms with Gasteiger partial charge in [0.25, 0.3) is 0 Å². The van der Waals surface area contributed by atoms with Gasteiger partial charge in [0.15, 0.2) is 5.16 Å². The Morgan fingerprint density at radius 3 is 2.75 bits per heavy atom. The Kier molecular flexibility index (Phi) is 6.16. The monoisotopic (exact) mass is 298 g/mol. The number of aromatic amines is 1. The molecule has 1 aromatic heterocycles. The first-order valence-electron chi connectivity index (χ1n) is 7.73. The van der Waals surface area contributed by atoms with Gasteiger partial charge in [-0.25, -0.2) is 9.89 Å². The van der Waals surface area contributed by atoms with Gasteiger partial charge in [-0.2, -0.15) is 0 Å². The van der Waals surface area contributed by atoms with Crippen LogP contribution in [0.4, 0.5) is 0 Å². The smallest absolute Gasteiger partial charge is 0.313 e. The molecule has 0 spiro atoms. The fraction of sp³-hybridized carbons (Fsp3) is 0.857. The van der Waals surface area contributed by atoms with Gasteiger partial charge in [-0.15, -0.1) is 5.10 Å². The molecule has 2 atom stereocenters. The number of hydrogen-bond donors (Lipinski definition) is 2. The summed E-state index contributed by atoms with van der Waals surface area (Å²) in [4.78, 5) is 11.5. The zero-order valence-electron chi connectivity index (χ0n) is 12.5. The SMILES string of the molecule is CCCNC1CCCCCCC1Sc1n[nH]c(=O)n1C. The highest BCUT2D eigenvalue weighted by atomic mass is 32.2. The van der Waals surface area contributed by atoms with E-state index in [-0.39, 0.29) is 5.69 Å². The minimum atomic E-state index is -0.128. The number of aromatic nitrogens is 3. The Morgan fingerprint density at radius 2 is 2.10 bits per heavy atom. The van der Waals surface area contributed by atoms with Crippen LogP contribution in [-0.2, 0) is 7.05 Å². The van der Waals surface area contributed by atoms with Crippen molar-refractivity contribution in [1.29, 1.82) is 0 Å². The van der Waals surface area contributed by atoms with Gasteiger partial charge in [0, 0.05) is 18.3 Å². The summed E-state index contributed by atoms with van der Waals surface area (Å²) in [5.74, 6) is 0. The van der Waals surface area contributed by atoms with Gasteiger partial charge in [0.05, 0.1) is 0 Å². The lowest BCUT2D eigenvalue weighted by Crippen LogP contribution is -2.39. The van der Waals surface area contributed by atoms with Crippen LogP contribution in [0.3, 0.4) is 0 Å². The second kappa shape index (κ2) is 7.88. The third-order valence-corrected chi connectivity index (χ3v) is 5.40. The molecule has 1 heterocycles. The maximum absolute atomic E-state index is 11.5. The minimum absolute atomic E-state index is 0.128. The quantitative estimate of drug-likeness (QED) is 0.875. The standard InChI is InChI=1S/C14H26N4OS/c1-3-10-15-11-8-6-4-5-7-9-12(11)20-14-17-16-13(19)18(14)2/h11-12,15H,3-10H2,1-2H3,(H,16,19). The van der Waals surface area contributed by atoms with Gasteiger partial charge in [-0.1, -0.05) is 44.4 Å². The lowest BCUT2D eigenvalue weighted by atomic mass is 9.96. The zero-order chi connectivity index (χ0) is 14.4. The third-order valence-electron chi connectivity index (χ3n) is 3.95. The molecule has 2 rings (SSSR count). The lowest BCUT2D eigenvalue weighted by molar-refractivity contribution is 0.399. The second-order valence-electron chi connectivity index (χ2n) is 5.58. The van der Waals surface area contributed by atoms with Crippen molar-refractivity contribution >= 4 is 11.8 Å². The van der Waals surface area contributed by atoms with E-state index in [2.05, 4.69) is 22.4 Å². The molecule has 2 unspecified atom stereocenters. The lowest BCUT2D eigenvalue weighted by Gasteiger charge is -2.29. The molecule has 0 aliphatic heterocycles. The van der Waals surface area contributed by atoms with Crippen LogP contribution in [0.15, 0.2) is 9.95 Å². The zero-order valence-corrected chi connectivity index (χ0v) is 13.3. The van der Waals surface area contributed by atoms with Crippen molar-refractivity contribution in [2.45, 2.75) is 68.3 Å². The van der Waals surface area contributed by atoms with Crippen molar-refractivity contribution in [3.63, 3.8) is 0 Å². The number of hydrogen-bond acceptors (Lipinski definition) is 4. The largest absolute Gasteiger partial charge is 0.343 e. The van der Waals surface area contributed by atoms with Crippen LogP contribution < -0.4 is 11.0 Å². The number of nitrogens with zero attached hydrogens (tertiary/aromatic N) is 2. The summed E-state index contributed by atoms with van der Waals surface area (Å²) < 4.78 is 1.61. The summed E-state index contributed by atoms with van der Waals surface area (Å²) in [6, 6.07) is 0.534. The van der Waals surface area contributed by atoms with Crippen molar-refractivity contribution in [2.24, 2.45) is 7.05 Å². The van der Waals surface area contributed by atoms with Crippen LogP contribution >= 0.6 is 11.8 Å². The molecular weight excluding hydrogens is 272 g/mol. The molecule has 5 nitrogen and oxygen atoms in total. The van der Waals surface area contributed by atoms with E-state index in [1.54, 1.807) is 23.4 Å². The summed E-state index contributed by atoms with van der Waals surface area (Å²) in [6.45, 7) is 3.27. The molecule has 1 aliphatic carbocycles. The van der Waals surface area contributed by atoms with E-state index in [4.69, 9.17) is 0 Å². The van der Waals surface area contributed by atoms with Gasteiger partial charge in [0.1, 0.15) is 0 Å². The Hall–Kier alpha value is -0.750. The highest BCUT2D eigenvalue weighted by Gasteiger charge is 2.25. The average molecular weight is 298 g/mol. The van der Waals surface area contributed by atoms with Crippen molar-refractivity contribution in [3.8, 4) is 0 Å². The van der Waals surface area contributed by atoms with Crippen LogP contribution in [0, 0.1) is 0 Å². The highest BCUT2D eigenvalue weighted by molar-refractivity contribution is 7.99. The molecule has 0 bridgehead atoms. The van der Waals surface area contributed by atoms with Crippen LogP contribution in [-0.4, -0.2) is 32.6 Å². The molecule has 1 saturated carbocycles. The first-order chi connectivity index (χ1) is 9.72. The van der Waals surface area contributed by atoms with Crippen LogP contribution in [0.5, 0.6) is 0 Å². The van der Waals surface area contributed by atoms with Gasteiger partial charge >= 0.3 is 5.69 Å². The number of thioether (sulfide) groups is 1. The van der Waals surface area contributed by atoms with E-state index in [1.165, 1.54) is 38.5 Å². The Labute approximate surface area is 124 Å². The molecule has 2 N–H and O–H groups in total. The van der Waals surface area contributed by atoms with Crippen molar-refractivity contribution in [3.05, 3.63) is 10.5 Å². The summed E-state index contributed by atoms with van der Waals surface area (Å²) in [5, 5.41) is 11.7. The summed E-state index contributed by atoms with van der Waals surface area (Å²) in [6.07, 6.45) is 8.86. The van der Waals surface area contributed by atoms with Crippen LogP contribution in [0.1, 0.15) is 51.9 Å². The van der Waals surface area contributed by atoms with E-state index in [0.717, 1.165) is 18.1 Å². The maximum Gasteiger partial charge on any atom is 0.343 e. The number of rotatable bonds is 5. The molecule has 0 aromatic carbocycles. The van der Waals surface area contributed by atoms with Gasteiger partial charge < -0.3 is 5.32 Å². The van der Waals surface area contributed by atoms with Crippen LogP contribution in [0.2, 0.25) is 0 Å². The van der Waals surface area contributed by atoms with Crippen LogP contribution in [0.25, 0.3) is 0 Å². The van der Waals surface area contributed by atoms with Gasteiger partial charge in [0.2, 0.25) is 0 Å². The van der Waals surface area contributed by atoms with Crippen molar-refractivity contribution in [1.82, 2.24) is 20.1 Å². The van der Waals surface area contributed by atoms with E-state index < -0.39 is 0 Å². The molecule has 1 fully saturated rings. The Balaban J connectivity index is 2.05. The molecule has 20 heavy (non-hydrogen) atoms. The molecule has 0 saturated heterocycles. The first kappa shape index (κ1) is 15.6. The Bertz CT molecular complexity index is 454. The fourth-order valence-corrected chi connectivity index (χ4v) is 4.02. The Morgan fingerprint density at radius 1 is 1.35 bits per heavy atom. The van der Waals surface area contributed by atoms with Gasteiger partial charge in [-0.3, -0.25) is 4.57 Å². The van der Waals surface area contributed by atoms with Crippen molar-refractivity contribution < 1.29 is 0 Å². The average Bonchev–Trinajstić information content (AvgIpc) is 2.73. The van der Waals surface area contributed by atoms with Gasteiger partial charge in [-0.05, 0) is 25.8 Å². The number of nitrogens with one attached hydrogen (secondary N) is 2. The summed E-state index contributed by atoms with van der Waals surface area (Å²) in [7, 11) is 1.78. The predicted molar refractivity (Wildman–Crippen MR) is 83.3 cm³/mol. The van der Waals surface area contributed by atoms with E-state index in [1.807, 2.05) is 0 Å². The normalized spacial score (nSPS) is 24.3. The minimum Gasteiger partial charge on any atom is -0.313 e. The maximum atomic E-state index is 11.5. The third kappa shape index (κ3) is 4.12. The molecule has 0 amide bonds. The summed E-state index contributed by atoms with van der Waals surface area (Å²) in [5.41, 5.74) is -0.128. The molecule has 1 aliphatic rings. The highest BCUT2D eigenvalue weighted by Crippen LogP contribution is 2.30. The van der Waals surface area contributed by atoms with E-state index >= 15 is 0 Å². The topological polar surface area (TPSA) is 62.7 Å². The molecule has 1 aromatic rings. The second-order valence-corrected chi connectivity index (χ2v) is 6.79. The predicted octanol–water partition coefficient (Wildman–Crippen LogP) is 2.29. The first-order valence-corrected chi connectivity index (χ1v) is 8.61. The molecule has 0 radical (unpaired) electrons. The van der Waals surface area contributed by atoms with E-state index in [9.17, 15) is 4.79 Å². The van der Waals surface area contributed by atoms with E-state index in [0.29, 0.717) is 11.3 Å². The van der Waals surface area contributed by atoms with Crippen molar-refractivity contribution in [2.75, 3.05) is 6.54 Å².